The van der Waals surface area contributed by atoms with Gasteiger partial charge in [0.1, 0.15) is 0 Å². The molecule has 1 saturated carbocycles. The molecule has 1 fully saturated rings. The van der Waals surface area contributed by atoms with E-state index in [0.29, 0.717) is 0 Å². The molecule has 0 saturated heterocycles. The van der Waals surface area contributed by atoms with Gasteiger partial charge in [0.2, 0.25) is 0 Å². The predicted octanol–water partition coefficient (Wildman–Crippen LogP) is 3.33. The molecule has 2 heteroatoms. The quantitative estimate of drug-likeness (QED) is 0.909. The maximum atomic E-state index is 11.3. The smallest absolute Gasteiger partial charge is 0.0720 e. The minimum Gasteiger partial charge on any atom is -0.389 e. The molecular formula is C20H25NO. The van der Waals surface area contributed by atoms with E-state index in [2.05, 4.69) is 36.4 Å². The highest BCUT2D eigenvalue weighted by Crippen LogP contribution is 2.38. The largest absolute Gasteiger partial charge is 0.389 e. The maximum absolute atomic E-state index is 11.3. The normalized spacial score (nSPS) is 28.5. The fraction of sp³-hybridized carbons (Fsp3) is 0.400. The molecule has 0 radical (unpaired) electrons. The second-order valence-corrected chi connectivity index (χ2v) is 6.69. The van der Waals surface area contributed by atoms with Gasteiger partial charge in [-0.25, -0.2) is 0 Å². The first kappa shape index (κ1) is 15.3. The van der Waals surface area contributed by atoms with E-state index in [1.165, 1.54) is 11.1 Å². The summed E-state index contributed by atoms with van der Waals surface area (Å²) < 4.78 is 0. The van der Waals surface area contributed by atoms with Crippen LogP contribution in [0.3, 0.4) is 0 Å². The van der Waals surface area contributed by atoms with E-state index in [4.69, 9.17) is 5.73 Å². The lowest BCUT2D eigenvalue weighted by Crippen LogP contribution is -2.49. The van der Waals surface area contributed by atoms with E-state index in [-0.39, 0.29) is 12.0 Å². The third-order valence-corrected chi connectivity index (χ3v) is 4.97. The fourth-order valence-electron chi connectivity index (χ4n) is 3.70. The maximum Gasteiger partial charge on any atom is 0.0720 e. The van der Waals surface area contributed by atoms with Crippen LogP contribution in [0.4, 0.5) is 0 Å². The molecular weight excluding hydrogens is 270 g/mol. The summed E-state index contributed by atoms with van der Waals surface area (Å²) in [5, 5.41) is 11.3. The lowest BCUT2D eigenvalue weighted by Gasteiger charge is -2.42. The van der Waals surface area contributed by atoms with Crippen LogP contribution in [0.5, 0.6) is 0 Å². The van der Waals surface area contributed by atoms with Crippen LogP contribution in [0.1, 0.15) is 30.4 Å². The zero-order chi connectivity index (χ0) is 15.4. The van der Waals surface area contributed by atoms with Crippen molar-refractivity contribution >= 4 is 0 Å². The molecule has 22 heavy (non-hydrogen) atoms. The summed E-state index contributed by atoms with van der Waals surface area (Å²) in [7, 11) is 0. The second kappa shape index (κ2) is 6.64. The average molecular weight is 295 g/mol. The van der Waals surface area contributed by atoms with Gasteiger partial charge in [0.25, 0.3) is 0 Å². The van der Waals surface area contributed by atoms with Crippen LogP contribution >= 0.6 is 0 Å². The Labute approximate surface area is 133 Å². The SMILES string of the molecule is NC1CCC(O)(Cc2ccccc2)C(Cc2ccccc2)C1. The molecule has 3 rings (SSSR count). The van der Waals surface area contributed by atoms with Gasteiger partial charge in [-0.1, -0.05) is 60.7 Å². The molecule has 0 aliphatic heterocycles. The topological polar surface area (TPSA) is 46.2 Å². The Kier molecular flexibility index (Phi) is 4.60. The minimum absolute atomic E-state index is 0.213. The fourth-order valence-corrected chi connectivity index (χ4v) is 3.70. The van der Waals surface area contributed by atoms with E-state index in [9.17, 15) is 5.11 Å². The van der Waals surface area contributed by atoms with Crippen molar-refractivity contribution in [3.63, 3.8) is 0 Å². The number of nitrogens with two attached hydrogens (primary N) is 1. The van der Waals surface area contributed by atoms with Crippen molar-refractivity contribution in [1.82, 2.24) is 0 Å². The number of aliphatic hydroxyl groups is 1. The third-order valence-electron chi connectivity index (χ3n) is 4.97. The monoisotopic (exact) mass is 295 g/mol. The molecule has 1 aliphatic rings. The predicted molar refractivity (Wildman–Crippen MR) is 90.6 cm³/mol. The lowest BCUT2D eigenvalue weighted by atomic mass is 9.68. The van der Waals surface area contributed by atoms with Gasteiger partial charge < -0.3 is 10.8 Å². The van der Waals surface area contributed by atoms with Crippen molar-refractivity contribution in [2.75, 3.05) is 0 Å². The standard InChI is InChI=1S/C20H25NO/c21-19-11-12-20(22,15-17-9-5-2-6-10-17)18(14-19)13-16-7-3-1-4-8-16/h1-10,18-19,22H,11-15,21H2. The number of hydrogen-bond acceptors (Lipinski definition) is 2. The van der Waals surface area contributed by atoms with Crippen LogP contribution in [0.25, 0.3) is 0 Å². The Morgan fingerprint density at radius 1 is 0.955 bits per heavy atom. The molecule has 0 spiro atoms. The summed E-state index contributed by atoms with van der Waals surface area (Å²) in [6.45, 7) is 0. The Bertz CT molecular complexity index is 583. The van der Waals surface area contributed by atoms with E-state index in [1.54, 1.807) is 0 Å². The first-order valence-corrected chi connectivity index (χ1v) is 8.21. The van der Waals surface area contributed by atoms with Gasteiger partial charge in [0, 0.05) is 12.5 Å². The lowest BCUT2D eigenvalue weighted by molar-refractivity contribution is -0.0520. The van der Waals surface area contributed by atoms with Crippen molar-refractivity contribution < 1.29 is 5.11 Å². The minimum atomic E-state index is -0.646. The second-order valence-electron chi connectivity index (χ2n) is 6.69. The van der Waals surface area contributed by atoms with Gasteiger partial charge in [-0.05, 0) is 42.7 Å². The third kappa shape index (κ3) is 3.57. The molecule has 3 unspecified atom stereocenters. The molecule has 116 valence electrons. The summed E-state index contributed by atoms with van der Waals surface area (Å²) in [6, 6.07) is 21.0. The summed E-state index contributed by atoms with van der Waals surface area (Å²) in [5.74, 6) is 0.221. The number of hydrogen-bond donors (Lipinski definition) is 2. The van der Waals surface area contributed by atoms with Gasteiger partial charge in [-0.2, -0.15) is 0 Å². The van der Waals surface area contributed by atoms with Gasteiger partial charge in [-0.3, -0.25) is 0 Å². The van der Waals surface area contributed by atoms with Crippen LogP contribution in [0.2, 0.25) is 0 Å². The van der Waals surface area contributed by atoms with Gasteiger partial charge in [0.05, 0.1) is 5.60 Å². The first-order chi connectivity index (χ1) is 10.7. The van der Waals surface area contributed by atoms with E-state index < -0.39 is 5.60 Å². The Hall–Kier alpha value is -1.64. The highest BCUT2D eigenvalue weighted by atomic mass is 16.3. The summed E-state index contributed by atoms with van der Waals surface area (Å²) in [6.07, 6.45) is 4.23. The van der Waals surface area contributed by atoms with E-state index in [1.807, 2.05) is 24.3 Å². The van der Waals surface area contributed by atoms with Gasteiger partial charge in [0.15, 0.2) is 0 Å². The van der Waals surface area contributed by atoms with Crippen LogP contribution in [0, 0.1) is 5.92 Å². The number of benzene rings is 2. The molecule has 0 amide bonds. The molecule has 0 heterocycles. The van der Waals surface area contributed by atoms with Crippen molar-refractivity contribution in [3.8, 4) is 0 Å². The highest BCUT2D eigenvalue weighted by Gasteiger charge is 2.41. The van der Waals surface area contributed by atoms with Crippen molar-refractivity contribution in [3.05, 3.63) is 71.8 Å². The average Bonchev–Trinajstić information content (AvgIpc) is 2.53. The molecule has 2 aromatic rings. The summed E-state index contributed by atoms with van der Waals surface area (Å²) in [5.41, 5.74) is 8.03. The number of rotatable bonds is 4. The van der Waals surface area contributed by atoms with Crippen LogP contribution in [-0.4, -0.2) is 16.7 Å². The molecule has 2 nitrogen and oxygen atoms in total. The molecule has 1 aliphatic carbocycles. The molecule has 2 aromatic carbocycles. The van der Waals surface area contributed by atoms with Gasteiger partial charge in [-0.15, -0.1) is 0 Å². The van der Waals surface area contributed by atoms with E-state index in [0.717, 1.165) is 32.1 Å². The molecule has 3 N–H and O–H groups in total. The zero-order valence-corrected chi connectivity index (χ0v) is 13.0. The first-order valence-electron chi connectivity index (χ1n) is 8.21. The van der Waals surface area contributed by atoms with Crippen molar-refractivity contribution in [1.29, 1.82) is 0 Å². The van der Waals surface area contributed by atoms with E-state index >= 15 is 0 Å². The van der Waals surface area contributed by atoms with Crippen LogP contribution in [-0.2, 0) is 12.8 Å². The van der Waals surface area contributed by atoms with Crippen molar-refractivity contribution in [2.45, 2.75) is 43.7 Å². The highest BCUT2D eigenvalue weighted by molar-refractivity contribution is 5.20. The molecule has 0 aromatic heterocycles. The zero-order valence-electron chi connectivity index (χ0n) is 13.0. The van der Waals surface area contributed by atoms with Gasteiger partial charge >= 0.3 is 0 Å². The van der Waals surface area contributed by atoms with Crippen LogP contribution in [0.15, 0.2) is 60.7 Å². The Morgan fingerprint density at radius 3 is 2.18 bits per heavy atom. The van der Waals surface area contributed by atoms with Crippen LogP contribution < -0.4 is 5.73 Å². The summed E-state index contributed by atoms with van der Waals surface area (Å²) >= 11 is 0. The molecule has 0 bridgehead atoms. The molecule has 3 atom stereocenters. The Morgan fingerprint density at radius 2 is 1.55 bits per heavy atom. The Balaban J connectivity index is 1.79. The summed E-state index contributed by atoms with van der Waals surface area (Å²) in [4.78, 5) is 0. The van der Waals surface area contributed by atoms with Crippen molar-refractivity contribution in [2.24, 2.45) is 11.7 Å².